The number of hydrogen-bond donors (Lipinski definition) is 0. The Hall–Kier alpha value is -2.20. The Morgan fingerprint density at radius 3 is 2.54 bits per heavy atom. The fourth-order valence-corrected chi connectivity index (χ4v) is 3.12. The van der Waals surface area contributed by atoms with Crippen molar-refractivity contribution in [2.75, 3.05) is 14.2 Å². The van der Waals surface area contributed by atoms with Gasteiger partial charge in [-0.2, -0.15) is 0 Å². The van der Waals surface area contributed by atoms with Crippen LogP contribution in [-0.4, -0.2) is 23.8 Å². The van der Waals surface area contributed by atoms with E-state index < -0.39 is 0 Å². The molecule has 1 aromatic heterocycles. The molecule has 0 atom stereocenters. The summed E-state index contributed by atoms with van der Waals surface area (Å²) in [7, 11) is 3.30. The number of rotatable bonds is 6. The van der Waals surface area contributed by atoms with Crippen molar-refractivity contribution < 1.29 is 9.47 Å². The zero-order chi connectivity index (χ0) is 17.1. The van der Waals surface area contributed by atoms with Crippen molar-refractivity contribution in [1.82, 2.24) is 9.55 Å². The minimum absolute atomic E-state index is 0.717. The first kappa shape index (κ1) is 16.7. The van der Waals surface area contributed by atoms with Crippen LogP contribution in [0.3, 0.4) is 0 Å². The van der Waals surface area contributed by atoms with Crippen molar-refractivity contribution in [3.05, 3.63) is 52.8 Å². The Morgan fingerprint density at radius 1 is 1.04 bits per heavy atom. The summed E-state index contributed by atoms with van der Waals surface area (Å²) >= 11 is 6.08. The predicted molar refractivity (Wildman–Crippen MR) is 97.4 cm³/mol. The third-order valence-electron chi connectivity index (χ3n) is 4.18. The van der Waals surface area contributed by atoms with Crippen LogP contribution in [0, 0.1) is 0 Å². The molecule has 0 N–H and O–H groups in total. The molecule has 3 aromatic rings. The number of nitrogens with zero attached hydrogens (tertiary/aromatic N) is 2. The highest BCUT2D eigenvalue weighted by Gasteiger charge is 2.11. The third-order valence-corrected chi connectivity index (χ3v) is 4.41. The second-order valence-corrected chi connectivity index (χ2v) is 6.04. The van der Waals surface area contributed by atoms with Crippen LogP contribution in [0.1, 0.15) is 18.3 Å². The first-order valence-electron chi connectivity index (χ1n) is 8.01. The topological polar surface area (TPSA) is 36.3 Å². The van der Waals surface area contributed by atoms with Gasteiger partial charge in [0.1, 0.15) is 5.82 Å². The van der Waals surface area contributed by atoms with E-state index in [0.717, 1.165) is 52.8 Å². The number of aromatic nitrogens is 2. The van der Waals surface area contributed by atoms with Gasteiger partial charge in [-0.1, -0.05) is 24.6 Å². The molecule has 0 amide bonds. The number of aryl methyl sites for hydroxylation is 3. The lowest BCUT2D eigenvalue weighted by Crippen LogP contribution is -2.06. The van der Waals surface area contributed by atoms with Crippen LogP contribution in [0.2, 0.25) is 5.02 Å². The van der Waals surface area contributed by atoms with Crippen molar-refractivity contribution in [3.63, 3.8) is 0 Å². The van der Waals surface area contributed by atoms with Crippen LogP contribution in [0.4, 0.5) is 0 Å². The number of hydrogen-bond acceptors (Lipinski definition) is 3. The Labute approximate surface area is 147 Å². The van der Waals surface area contributed by atoms with Gasteiger partial charge in [0.2, 0.25) is 0 Å². The summed E-state index contributed by atoms with van der Waals surface area (Å²) < 4.78 is 12.9. The van der Waals surface area contributed by atoms with Crippen molar-refractivity contribution in [3.8, 4) is 11.5 Å². The van der Waals surface area contributed by atoms with E-state index in [1.165, 1.54) is 5.56 Å². The van der Waals surface area contributed by atoms with Crippen LogP contribution in [0.5, 0.6) is 11.5 Å². The summed E-state index contributed by atoms with van der Waals surface area (Å²) in [6, 6.07) is 11.9. The maximum atomic E-state index is 6.08. The molecule has 1 heterocycles. The maximum absolute atomic E-state index is 6.08. The number of halogens is 1. The molecule has 0 aliphatic carbocycles. The lowest BCUT2D eigenvalue weighted by molar-refractivity contribution is 0.354. The molecule has 0 saturated heterocycles. The average Bonchev–Trinajstić information content (AvgIpc) is 2.96. The summed E-state index contributed by atoms with van der Waals surface area (Å²) in [5.41, 5.74) is 3.27. The van der Waals surface area contributed by atoms with Gasteiger partial charge < -0.3 is 14.0 Å². The molecule has 0 radical (unpaired) electrons. The zero-order valence-corrected chi connectivity index (χ0v) is 14.9. The minimum atomic E-state index is 0.717. The Kier molecular flexibility index (Phi) is 4.95. The van der Waals surface area contributed by atoms with Gasteiger partial charge in [-0.15, -0.1) is 0 Å². The molecule has 4 nitrogen and oxygen atoms in total. The molecule has 126 valence electrons. The van der Waals surface area contributed by atoms with Crippen LogP contribution in [0.15, 0.2) is 36.4 Å². The van der Waals surface area contributed by atoms with Gasteiger partial charge in [0.05, 0.1) is 25.3 Å². The van der Waals surface area contributed by atoms with E-state index in [4.69, 9.17) is 26.1 Å². The summed E-state index contributed by atoms with van der Waals surface area (Å²) in [6.07, 6.45) is 1.78. The molecule has 0 fully saturated rings. The van der Waals surface area contributed by atoms with E-state index >= 15 is 0 Å². The number of imidazole rings is 1. The summed E-state index contributed by atoms with van der Waals surface area (Å²) in [6.45, 7) is 2.98. The predicted octanol–water partition coefficient (Wildman–Crippen LogP) is 4.51. The van der Waals surface area contributed by atoms with E-state index in [1.54, 1.807) is 14.2 Å². The largest absolute Gasteiger partial charge is 0.493 e. The summed E-state index contributed by atoms with van der Waals surface area (Å²) in [5.74, 6) is 2.58. The Balaban J connectivity index is 1.88. The lowest BCUT2D eigenvalue weighted by Gasteiger charge is -2.11. The maximum Gasteiger partial charge on any atom is 0.160 e. The summed E-state index contributed by atoms with van der Waals surface area (Å²) in [4.78, 5) is 4.70. The van der Waals surface area contributed by atoms with Crippen molar-refractivity contribution in [2.24, 2.45) is 0 Å². The van der Waals surface area contributed by atoms with Crippen molar-refractivity contribution in [2.45, 2.75) is 26.3 Å². The van der Waals surface area contributed by atoms with Crippen molar-refractivity contribution >= 4 is 22.6 Å². The average molecular weight is 345 g/mol. The molecule has 5 heteroatoms. The quantitative estimate of drug-likeness (QED) is 0.660. The standard InChI is InChI=1S/C19H21ClN2O2/c1-4-19-21-15-12-14(20)6-7-16(15)22(19)10-9-13-5-8-17(23-2)18(11-13)24-3/h5-8,11-12H,4,9-10H2,1-3H3. The first-order chi connectivity index (χ1) is 11.7. The molecular formula is C19H21ClN2O2. The fourth-order valence-electron chi connectivity index (χ4n) is 2.95. The molecule has 24 heavy (non-hydrogen) atoms. The zero-order valence-electron chi connectivity index (χ0n) is 14.2. The molecule has 0 aliphatic rings. The molecule has 3 rings (SSSR count). The van der Waals surface area contributed by atoms with Gasteiger partial charge in [-0.25, -0.2) is 4.98 Å². The molecular weight excluding hydrogens is 324 g/mol. The highest BCUT2D eigenvalue weighted by atomic mass is 35.5. The van der Waals surface area contributed by atoms with Crippen LogP contribution in [-0.2, 0) is 19.4 Å². The Morgan fingerprint density at radius 2 is 1.83 bits per heavy atom. The minimum Gasteiger partial charge on any atom is -0.493 e. The second kappa shape index (κ2) is 7.14. The second-order valence-electron chi connectivity index (χ2n) is 5.61. The van der Waals surface area contributed by atoms with Gasteiger partial charge in [-0.3, -0.25) is 0 Å². The van der Waals surface area contributed by atoms with E-state index in [2.05, 4.69) is 17.6 Å². The monoisotopic (exact) mass is 344 g/mol. The number of methoxy groups -OCH3 is 2. The molecule has 0 bridgehead atoms. The van der Waals surface area contributed by atoms with Crippen LogP contribution < -0.4 is 9.47 Å². The normalized spacial score (nSPS) is 11.0. The fraction of sp³-hybridized carbons (Fsp3) is 0.316. The lowest BCUT2D eigenvalue weighted by atomic mass is 10.1. The van der Waals surface area contributed by atoms with E-state index in [-0.39, 0.29) is 0 Å². The molecule has 2 aromatic carbocycles. The highest BCUT2D eigenvalue weighted by Crippen LogP contribution is 2.28. The molecule has 0 spiro atoms. The number of fused-ring (bicyclic) bond motifs is 1. The van der Waals surface area contributed by atoms with Crippen LogP contribution >= 0.6 is 11.6 Å². The first-order valence-corrected chi connectivity index (χ1v) is 8.39. The Bertz CT molecular complexity index is 858. The molecule has 0 aliphatic heterocycles. The molecule has 0 saturated carbocycles. The number of ether oxygens (including phenoxy) is 2. The third kappa shape index (κ3) is 3.20. The van der Waals surface area contributed by atoms with E-state index in [1.807, 2.05) is 30.3 Å². The van der Waals surface area contributed by atoms with E-state index in [0.29, 0.717) is 0 Å². The SMILES string of the molecule is CCc1nc2cc(Cl)ccc2n1CCc1ccc(OC)c(OC)c1. The van der Waals surface area contributed by atoms with Gasteiger partial charge in [0, 0.05) is 18.0 Å². The van der Waals surface area contributed by atoms with Gasteiger partial charge in [-0.05, 0) is 42.3 Å². The number of benzene rings is 2. The highest BCUT2D eigenvalue weighted by molar-refractivity contribution is 6.31. The summed E-state index contributed by atoms with van der Waals surface area (Å²) in [5, 5.41) is 0.717. The van der Waals surface area contributed by atoms with Gasteiger partial charge in [0.15, 0.2) is 11.5 Å². The van der Waals surface area contributed by atoms with E-state index in [9.17, 15) is 0 Å². The van der Waals surface area contributed by atoms with Crippen molar-refractivity contribution in [1.29, 1.82) is 0 Å². The molecule has 0 unspecified atom stereocenters. The van der Waals surface area contributed by atoms with Gasteiger partial charge in [0.25, 0.3) is 0 Å². The smallest absolute Gasteiger partial charge is 0.160 e. The van der Waals surface area contributed by atoms with Gasteiger partial charge >= 0.3 is 0 Å². The van der Waals surface area contributed by atoms with Crippen LogP contribution in [0.25, 0.3) is 11.0 Å².